The lowest BCUT2D eigenvalue weighted by atomic mass is 9.98. The number of amides is 1. The van der Waals surface area contributed by atoms with Gasteiger partial charge in [0.05, 0.1) is 30.7 Å². The van der Waals surface area contributed by atoms with Crippen LogP contribution in [-0.2, 0) is 24.4 Å². The number of nitrogens with zero attached hydrogens (tertiary/aromatic N) is 4. The van der Waals surface area contributed by atoms with Gasteiger partial charge in [0.2, 0.25) is 5.91 Å². The average Bonchev–Trinajstić information content (AvgIpc) is 3.43. The summed E-state index contributed by atoms with van der Waals surface area (Å²) in [5, 5.41) is 14.2. The molecule has 0 spiro atoms. The van der Waals surface area contributed by atoms with Gasteiger partial charge in [0.25, 0.3) is 0 Å². The normalized spacial score (nSPS) is 16.4. The van der Waals surface area contributed by atoms with Gasteiger partial charge < -0.3 is 29.2 Å². The summed E-state index contributed by atoms with van der Waals surface area (Å²) >= 11 is 0. The first-order chi connectivity index (χ1) is 20.8. The summed E-state index contributed by atoms with van der Waals surface area (Å²) in [6.45, 7) is 7.28. The summed E-state index contributed by atoms with van der Waals surface area (Å²) in [4.78, 5) is 37.4. The van der Waals surface area contributed by atoms with Crippen LogP contribution in [-0.4, -0.2) is 82.0 Å². The van der Waals surface area contributed by atoms with E-state index in [4.69, 9.17) is 13.9 Å². The number of ketones is 1. The van der Waals surface area contributed by atoms with Gasteiger partial charge in [-0.25, -0.2) is 9.97 Å². The molecule has 2 N–H and O–H groups in total. The fraction of sp³-hybridized carbons (Fsp3) is 0.500. The quantitative estimate of drug-likeness (QED) is 0.300. The highest BCUT2D eigenvalue weighted by molar-refractivity contribution is 5.99. The molecule has 230 valence electrons. The van der Waals surface area contributed by atoms with Crippen molar-refractivity contribution in [2.75, 3.05) is 38.6 Å². The van der Waals surface area contributed by atoms with Crippen LogP contribution in [0.15, 0.2) is 41.3 Å². The Bertz CT molecular complexity index is 1420. The highest BCUT2D eigenvalue weighted by Gasteiger charge is 2.23. The minimum absolute atomic E-state index is 0.0928. The number of aliphatic hydroxyl groups is 1. The molecule has 1 saturated heterocycles. The Morgan fingerprint density at radius 2 is 1.98 bits per heavy atom. The molecule has 2 aromatic heterocycles. The zero-order chi connectivity index (χ0) is 30.3. The number of ether oxygens (including phenoxy) is 2. The van der Waals surface area contributed by atoms with Crippen LogP contribution in [0.1, 0.15) is 65.5 Å². The number of carbonyl (C=O) groups is 2. The predicted octanol–water partition coefficient (Wildman–Crippen LogP) is 3.77. The maximum absolute atomic E-state index is 13.2. The van der Waals surface area contributed by atoms with E-state index in [0.29, 0.717) is 49.8 Å². The Labute approximate surface area is 252 Å². The van der Waals surface area contributed by atoms with Crippen molar-refractivity contribution < 1.29 is 28.6 Å². The highest BCUT2D eigenvalue weighted by atomic mass is 16.5. The van der Waals surface area contributed by atoms with Crippen LogP contribution >= 0.6 is 0 Å². The maximum atomic E-state index is 13.2. The Kier molecular flexibility index (Phi) is 9.93. The molecular weight excluding hydrogens is 550 g/mol. The largest absolute Gasteiger partial charge is 0.494 e. The van der Waals surface area contributed by atoms with E-state index in [2.05, 4.69) is 32.3 Å². The molecule has 1 fully saturated rings. The Morgan fingerprint density at radius 1 is 1.16 bits per heavy atom. The smallest absolute Gasteiger partial charge is 0.219 e. The standard InChI is InChI=1S/C32H41N5O6/c1-21-31(43-20-34-21)19-42-27-6-4-24-17-36(11-8-23(24)14-27)18-26(39)5-7-29(40)28-15-32(33-16-30(28)41-3)35-25-9-12-37(13-10-25)22(2)38/h4,6,14-16,20,25-26,39H,5,7-13,17-19H2,1-3H3,(H,33,35)/t26-/m0/s1. The molecule has 11 nitrogen and oxygen atoms in total. The lowest BCUT2D eigenvalue weighted by Gasteiger charge is -2.32. The van der Waals surface area contributed by atoms with E-state index in [1.54, 1.807) is 19.2 Å². The third-order valence-electron chi connectivity index (χ3n) is 8.34. The van der Waals surface area contributed by atoms with Crippen LogP contribution in [0.2, 0.25) is 0 Å². The van der Waals surface area contributed by atoms with Crippen LogP contribution in [0.4, 0.5) is 5.82 Å². The third-order valence-corrected chi connectivity index (χ3v) is 8.34. The first-order valence-electron chi connectivity index (χ1n) is 14.9. The van der Waals surface area contributed by atoms with Crippen LogP contribution in [0, 0.1) is 6.92 Å². The monoisotopic (exact) mass is 591 g/mol. The highest BCUT2D eigenvalue weighted by Crippen LogP contribution is 2.27. The number of aryl methyl sites for hydroxylation is 1. The fourth-order valence-corrected chi connectivity index (χ4v) is 5.72. The van der Waals surface area contributed by atoms with Gasteiger partial charge in [-0.05, 0) is 61.9 Å². The minimum atomic E-state index is -0.630. The van der Waals surface area contributed by atoms with Gasteiger partial charge in [-0.3, -0.25) is 14.5 Å². The number of fused-ring (bicyclic) bond motifs is 1. The zero-order valence-electron chi connectivity index (χ0n) is 25.2. The number of β-amino-alcohol motifs (C(OH)–C–C–N with tert-alkyl or cyclic N) is 1. The molecule has 0 saturated carbocycles. The molecule has 0 aliphatic carbocycles. The van der Waals surface area contributed by atoms with E-state index >= 15 is 0 Å². The van der Waals surface area contributed by atoms with Crippen LogP contribution in [0.25, 0.3) is 0 Å². The lowest BCUT2D eigenvalue weighted by Crippen LogP contribution is -2.41. The van der Waals surface area contributed by atoms with E-state index in [0.717, 1.165) is 49.6 Å². The minimum Gasteiger partial charge on any atom is -0.494 e. The molecule has 1 amide bonds. The number of likely N-dealkylation sites (tertiary alicyclic amines) is 1. The molecule has 43 heavy (non-hydrogen) atoms. The van der Waals surface area contributed by atoms with E-state index in [1.165, 1.54) is 24.6 Å². The average molecular weight is 592 g/mol. The molecule has 0 radical (unpaired) electrons. The second kappa shape index (κ2) is 14.0. The number of aliphatic hydroxyl groups excluding tert-OH is 1. The van der Waals surface area contributed by atoms with Crippen LogP contribution < -0.4 is 14.8 Å². The summed E-state index contributed by atoms with van der Waals surface area (Å²) in [6, 6.07) is 8.03. The maximum Gasteiger partial charge on any atom is 0.219 e. The van der Waals surface area contributed by atoms with Gasteiger partial charge >= 0.3 is 0 Å². The number of anilines is 1. The van der Waals surface area contributed by atoms with Gasteiger partial charge in [-0.1, -0.05) is 6.07 Å². The number of hydrogen-bond acceptors (Lipinski definition) is 10. The van der Waals surface area contributed by atoms with Crippen molar-refractivity contribution in [2.45, 2.75) is 71.2 Å². The number of rotatable bonds is 12. The lowest BCUT2D eigenvalue weighted by molar-refractivity contribution is -0.129. The molecule has 0 unspecified atom stereocenters. The van der Waals surface area contributed by atoms with Gasteiger partial charge in [-0.15, -0.1) is 0 Å². The Morgan fingerprint density at radius 3 is 2.70 bits per heavy atom. The SMILES string of the molecule is COc1cnc(NC2CCN(C(C)=O)CC2)cc1C(=O)CC[C@H](O)CN1CCc2cc(OCc3ocnc3C)ccc2C1. The summed E-state index contributed by atoms with van der Waals surface area (Å²) in [6.07, 6.45) is 5.42. The van der Waals surface area contributed by atoms with E-state index < -0.39 is 6.10 Å². The molecule has 5 rings (SSSR count). The van der Waals surface area contributed by atoms with Crippen molar-refractivity contribution in [2.24, 2.45) is 0 Å². The number of benzene rings is 1. The van der Waals surface area contributed by atoms with Gasteiger partial charge in [0, 0.05) is 52.1 Å². The molecule has 4 heterocycles. The molecule has 0 bridgehead atoms. The Balaban J connectivity index is 1.10. The zero-order valence-corrected chi connectivity index (χ0v) is 25.2. The molecular formula is C32H41N5O6. The number of pyridine rings is 1. The number of carbonyl (C=O) groups excluding carboxylic acids is 2. The molecule has 3 aromatic rings. The van der Waals surface area contributed by atoms with Crippen molar-refractivity contribution in [3.8, 4) is 11.5 Å². The van der Waals surface area contributed by atoms with Crippen LogP contribution in [0.5, 0.6) is 11.5 Å². The van der Waals surface area contributed by atoms with Crippen molar-refractivity contribution in [1.29, 1.82) is 0 Å². The van der Waals surface area contributed by atoms with Gasteiger partial charge in [0.1, 0.15) is 23.9 Å². The number of piperidine rings is 1. The summed E-state index contributed by atoms with van der Waals surface area (Å²) in [5.41, 5.74) is 3.74. The van der Waals surface area contributed by atoms with Crippen LogP contribution in [0.3, 0.4) is 0 Å². The summed E-state index contributed by atoms with van der Waals surface area (Å²) in [7, 11) is 1.52. The number of Topliss-reactive ketones (excluding diaryl/α,β-unsaturated/α-hetero) is 1. The predicted molar refractivity (Wildman–Crippen MR) is 160 cm³/mol. The van der Waals surface area contributed by atoms with Gasteiger partial charge in [-0.2, -0.15) is 0 Å². The van der Waals surface area contributed by atoms with Crippen molar-refractivity contribution in [1.82, 2.24) is 19.8 Å². The molecule has 2 aliphatic heterocycles. The number of hydrogen-bond donors (Lipinski definition) is 2. The fourth-order valence-electron chi connectivity index (χ4n) is 5.72. The van der Waals surface area contributed by atoms with E-state index in [-0.39, 0.29) is 24.2 Å². The third kappa shape index (κ3) is 7.91. The molecule has 11 heteroatoms. The number of oxazole rings is 1. The van der Waals surface area contributed by atoms with Crippen molar-refractivity contribution in [3.05, 3.63) is 65.0 Å². The summed E-state index contributed by atoms with van der Waals surface area (Å²) < 4.78 is 16.7. The van der Waals surface area contributed by atoms with E-state index in [9.17, 15) is 14.7 Å². The Hall–Kier alpha value is -3.96. The first kappa shape index (κ1) is 30.5. The number of nitrogens with one attached hydrogen (secondary N) is 1. The van der Waals surface area contributed by atoms with Crippen molar-refractivity contribution >= 4 is 17.5 Å². The topological polar surface area (TPSA) is 130 Å². The number of aromatic nitrogens is 2. The van der Waals surface area contributed by atoms with Gasteiger partial charge in [0.15, 0.2) is 17.9 Å². The molecule has 2 aliphatic rings. The first-order valence-corrected chi connectivity index (χ1v) is 14.9. The second-order valence-electron chi connectivity index (χ2n) is 11.4. The molecule has 1 aromatic carbocycles. The number of methoxy groups -OCH3 is 1. The summed E-state index contributed by atoms with van der Waals surface area (Å²) in [5.74, 6) is 2.55. The second-order valence-corrected chi connectivity index (χ2v) is 11.4. The van der Waals surface area contributed by atoms with Crippen molar-refractivity contribution in [3.63, 3.8) is 0 Å². The van der Waals surface area contributed by atoms with E-state index in [1.807, 2.05) is 17.9 Å². The molecule has 1 atom stereocenters.